The third kappa shape index (κ3) is 3.77. The maximum atomic E-state index is 13.4. The predicted molar refractivity (Wildman–Crippen MR) is 142 cm³/mol. The molecular weight excluding hydrogens is 466 g/mol. The smallest absolute Gasteiger partial charge is 0.254 e. The van der Waals surface area contributed by atoms with Crippen LogP contribution in [0.4, 0.5) is 11.4 Å². The Morgan fingerprint density at radius 1 is 1.14 bits per heavy atom. The number of carbonyl (C=O) groups excluding carboxylic acids is 1. The summed E-state index contributed by atoms with van der Waals surface area (Å²) in [6, 6.07) is 14.6. The number of aromatic nitrogens is 3. The fourth-order valence-electron chi connectivity index (χ4n) is 5.94. The van der Waals surface area contributed by atoms with Crippen molar-refractivity contribution < 1.29 is 9.53 Å². The molecule has 9 heteroatoms. The minimum absolute atomic E-state index is 0.0124. The number of hydrogen-bond donors (Lipinski definition) is 2. The molecule has 1 unspecified atom stereocenters. The van der Waals surface area contributed by atoms with E-state index in [-0.39, 0.29) is 18.1 Å². The Hall–Kier alpha value is -4.11. The van der Waals surface area contributed by atoms with Crippen LogP contribution in [0.1, 0.15) is 40.6 Å². The molecule has 0 bridgehead atoms. The van der Waals surface area contributed by atoms with Gasteiger partial charge in [-0.25, -0.2) is 9.97 Å². The molecule has 0 saturated carbocycles. The zero-order valence-corrected chi connectivity index (χ0v) is 20.5. The van der Waals surface area contributed by atoms with E-state index in [1.807, 2.05) is 29.4 Å². The second kappa shape index (κ2) is 8.77. The SMILES string of the molecule is NC1CCCN(C(=O)c2cc3c4c(c2)OCCN4[C@H](c2cc4ccccc4n2Cc2cncnc2)N3)C1. The molecule has 3 N–H and O–H groups in total. The number of nitrogens with zero attached hydrogens (tertiary/aromatic N) is 5. The van der Waals surface area contributed by atoms with Crippen LogP contribution in [-0.2, 0) is 6.54 Å². The second-order valence-corrected chi connectivity index (χ2v) is 10.1. The Balaban J connectivity index is 1.27. The van der Waals surface area contributed by atoms with Crippen LogP contribution >= 0.6 is 0 Å². The van der Waals surface area contributed by atoms with E-state index in [0.29, 0.717) is 25.3 Å². The maximum Gasteiger partial charge on any atom is 0.254 e. The summed E-state index contributed by atoms with van der Waals surface area (Å²) in [5.41, 5.74) is 12.1. The summed E-state index contributed by atoms with van der Waals surface area (Å²) in [5, 5.41) is 4.90. The van der Waals surface area contributed by atoms with Crippen LogP contribution in [0.3, 0.4) is 0 Å². The number of piperidine rings is 1. The molecule has 2 aromatic heterocycles. The van der Waals surface area contributed by atoms with Crippen molar-refractivity contribution in [2.75, 3.05) is 36.5 Å². The normalized spacial score (nSPS) is 20.5. The zero-order chi connectivity index (χ0) is 24.9. The van der Waals surface area contributed by atoms with E-state index in [1.165, 1.54) is 5.39 Å². The predicted octanol–water partition coefficient (Wildman–Crippen LogP) is 3.37. The van der Waals surface area contributed by atoms with E-state index in [9.17, 15) is 4.79 Å². The highest BCUT2D eigenvalue weighted by Crippen LogP contribution is 2.50. The van der Waals surface area contributed by atoms with Crippen molar-refractivity contribution in [1.29, 1.82) is 0 Å². The summed E-state index contributed by atoms with van der Waals surface area (Å²) in [4.78, 5) is 26.1. The monoisotopic (exact) mass is 495 g/mol. The minimum Gasteiger partial charge on any atom is -0.489 e. The number of benzene rings is 2. The number of ether oxygens (including phenoxy) is 1. The Bertz CT molecular complexity index is 1480. The lowest BCUT2D eigenvalue weighted by atomic mass is 10.0. The van der Waals surface area contributed by atoms with E-state index >= 15 is 0 Å². The molecule has 2 aromatic carbocycles. The Kier molecular flexibility index (Phi) is 5.24. The molecule has 4 aromatic rings. The van der Waals surface area contributed by atoms with Gasteiger partial charge in [-0.1, -0.05) is 18.2 Å². The zero-order valence-electron chi connectivity index (χ0n) is 20.5. The summed E-state index contributed by atoms with van der Waals surface area (Å²) in [6.45, 7) is 3.31. The summed E-state index contributed by atoms with van der Waals surface area (Å²) < 4.78 is 8.41. The molecule has 188 valence electrons. The Morgan fingerprint density at radius 2 is 2.00 bits per heavy atom. The number of carbonyl (C=O) groups is 1. The Morgan fingerprint density at radius 3 is 2.86 bits per heavy atom. The first-order valence-corrected chi connectivity index (χ1v) is 12.9. The molecule has 1 fully saturated rings. The first-order valence-electron chi connectivity index (χ1n) is 12.9. The van der Waals surface area contributed by atoms with Crippen molar-refractivity contribution in [1.82, 2.24) is 19.4 Å². The molecular formula is C28H29N7O2. The summed E-state index contributed by atoms with van der Waals surface area (Å²) >= 11 is 0. The third-order valence-electron chi connectivity index (χ3n) is 7.63. The van der Waals surface area contributed by atoms with Gasteiger partial charge in [-0.3, -0.25) is 4.79 Å². The van der Waals surface area contributed by atoms with Gasteiger partial charge in [0.05, 0.1) is 24.5 Å². The number of anilines is 2. The number of fused-ring (bicyclic) bond motifs is 1. The van der Waals surface area contributed by atoms with E-state index in [0.717, 1.165) is 59.8 Å². The van der Waals surface area contributed by atoms with Crippen molar-refractivity contribution in [2.24, 2.45) is 5.73 Å². The lowest BCUT2D eigenvalue weighted by Crippen LogP contribution is -2.45. The summed E-state index contributed by atoms with van der Waals surface area (Å²) in [5.74, 6) is 0.765. The van der Waals surface area contributed by atoms with Gasteiger partial charge in [-0.2, -0.15) is 0 Å². The Labute approximate surface area is 214 Å². The average molecular weight is 496 g/mol. The van der Waals surface area contributed by atoms with Crippen LogP contribution in [0.2, 0.25) is 0 Å². The summed E-state index contributed by atoms with van der Waals surface area (Å²) in [7, 11) is 0. The van der Waals surface area contributed by atoms with Crippen LogP contribution in [0, 0.1) is 0 Å². The first-order chi connectivity index (χ1) is 18.2. The molecule has 9 nitrogen and oxygen atoms in total. The average Bonchev–Trinajstić information content (AvgIpc) is 3.48. The highest BCUT2D eigenvalue weighted by atomic mass is 16.5. The first kappa shape index (κ1) is 22.1. The number of amides is 1. The lowest BCUT2D eigenvalue weighted by molar-refractivity contribution is 0.0708. The van der Waals surface area contributed by atoms with Crippen molar-refractivity contribution >= 4 is 28.2 Å². The molecule has 7 rings (SSSR count). The van der Waals surface area contributed by atoms with Gasteiger partial charge in [0.1, 0.15) is 30.5 Å². The molecule has 0 aliphatic carbocycles. The number of hydrogen-bond acceptors (Lipinski definition) is 7. The maximum absolute atomic E-state index is 13.4. The van der Waals surface area contributed by atoms with Crippen LogP contribution in [-0.4, -0.2) is 57.6 Å². The molecule has 2 atom stereocenters. The van der Waals surface area contributed by atoms with Crippen LogP contribution < -0.4 is 20.7 Å². The van der Waals surface area contributed by atoms with Crippen molar-refractivity contribution in [3.8, 4) is 5.75 Å². The number of rotatable bonds is 4. The highest BCUT2D eigenvalue weighted by molar-refractivity contribution is 5.99. The van der Waals surface area contributed by atoms with Gasteiger partial charge in [-0.15, -0.1) is 0 Å². The highest BCUT2D eigenvalue weighted by Gasteiger charge is 2.38. The van der Waals surface area contributed by atoms with Gasteiger partial charge >= 0.3 is 0 Å². The molecule has 37 heavy (non-hydrogen) atoms. The van der Waals surface area contributed by atoms with E-state index < -0.39 is 0 Å². The molecule has 1 saturated heterocycles. The van der Waals surface area contributed by atoms with Gasteiger partial charge in [0.2, 0.25) is 0 Å². The molecule has 5 heterocycles. The molecule has 0 radical (unpaired) electrons. The van der Waals surface area contributed by atoms with Crippen LogP contribution in [0.25, 0.3) is 10.9 Å². The molecule has 3 aliphatic heterocycles. The number of nitrogens with one attached hydrogen (secondary N) is 1. The fourth-order valence-corrected chi connectivity index (χ4v) is 5.94. The van der Waals surface area contributed by atoms with Gasteiger partial charge in [0.25, 0.3) is 5.91 Å². The molecule has 3 aliphatic rings. The number of para-hydroxylation sites is 1. The molecule has 1 amide bonds. The number of nitrogens with two attached hydrogens (primary N) is 1. The topological polar surface area (TPSA) is 102 Å². The van der Waals surface area contributed by atoms with Crippen LogP contribution in [0.15, 0.2) is 61.2 Å². The standard InChI is InChI=1S/C28H29N7O2/c29-21-5-3-7-33(16-21)28(36)20-10-22-26-25(12-20)37-9-8-34(26)27(32-22)24-11-19-4-1-2-6-23(19)35(24)15-18-13-30-17-31-14-18/h1-2,4,6,10-14,17,21,27,32H,3,5,7-9,15-16,29H2/t21?,27-/m1/s1. The minimum atomic E-state index is -0.0940. The largest absolute Gasteiger partial charge is 0.489 e. The van der Waals surface area contributed by atoms with Gasteiger partial charge in [0, 0.05) is 53.6 Å². The second-order valence-electron chi connectivity index (χ2n) is 10.1. The number of likely N-dealkylation sites (tertiary alicyclic amines) is 1. The van der Waals surface area contributed by atoms with Gasteiger partial charge < -0.3 is 30.2 Å². The van der Waals surface area contributed by atoms with E-state index in [1.54, 1.807) is 6.33 Å². The van der Waals surface area contributed by atoms with Crippen molar-refractivity contribution in [2.45, 2.75) is 31.6 Å². The summed E-state index contributed by atoms with van der Waals surface area (Å²) in [6.07, 6.45) is 7.08. The molecule has 0 spiro atoms. The van der Waals surface area contributed by atoms with E-state index in [4.69, 9.17) is 10.5 Å². The fraction of sp³-hybridized carbons (Fsp3) is 0.321. The van der Waals surface area contributed by atoms with Crippen LogP contribution in [0.5, 0.6) is 5.75 Å². The van der Waals surface area contributed by atoms with E-state index in [2.05, 4.69) is 55.1 Å². The van der Waals surface area contributed by atoms with Crippen molar-refractivity contribution in [3.63, 3.8) is 0 Å². The quantitative estimate of drug-likeness (QED) is 0.448. The van der Waals surface area contributed by atoms with Gasteiger partial charge in [-0.05, 0) is 37.1 Å². The third-order valence-corrected chi connectivity index (χ3v) is 7.63. The van der Waals surface area contributed by atoms with Crippen molar-refractivity contribution in [3.05, 3.63) is 78.0 Å². The van der Waals surface area contributed by atoms with Gasteiger partial charge in [0.15, 0.2) is 0 Å². The lowest BCUT2D eigenvalue weighted by Gasteiger charge is -2.33.